The van der Waals surface area contributed by atoms with E-state index >= 15 is 0 Å². The smallest absolute Gasteiger partial charge is 0.271 e. The van der Waals surface area contributed by atoms with Gasteiger partial charge < -0.3 is 19.7 Å². The minimum absolute atomic E-state index is 0.119. The molecule has 2 aromatic heterocycles. The zero-order valence-corrected chi connectivity index (χ0v) is 19.8. The lowest BCUT2D eigenvalue weighted by atomic mass is 10.1. The highest BCUT2D eigenvalue weighted by atomic mass is 19.1. The summed E-state index contributed by atoms with van der Waals surface area (Å²) in [5.74, 6) is 0.774. The molecule has 4 heterocycles. The van der Waals surface area contributed by atoms with Gasteiger partial charge >= 0.3 is 0 Å². The van der Waals surface area contributed by atoms with Gasteiger partial charge in [0.25, 0.3) is 11.8 Å². The molecule has 2 aromatic rings. The van der Waals surface area contributed by atoms with Gasteiger partial charge in [-0.1, -0.05) is 0 Å². The van der Waals surface area contributed by atoms with Crippen LogP contribution in [0, 0.1) is 5.82 Å². The Labute approximate surface area is 193 Å². The molecule has 0 unspecified atom stereocenters. The SMILES string of the molecule is C[C@H]1CN(c2cnc(C(=O)NC(C)(C)C)cn2)CCN1[C@@H](C)c1nc2c(cc1F)OCCO2. The molecule has 1 fully saturated rings. The average Bonchev–Trinajstić information content (AvgIpc) is 2.77. The van der Waals surface area contributed by atoms with E-state index < -0.39 is 5.82 Å². The van der Waals surface area contributed by atoms with Crippen LogP contribution in [-0.2, 0) is 0 Å². The van der Waals surface area contributed by atoms with Crippen LogP contribution in [0.1, 0.15) is 56.8 Å². The third-order valence-electron chi connectivity index (χ3n) is 5.77. The first kappa shape index (κ1) is 23.2. The maximum absolute atomic E-state index is 14.8. The standard InChI is InChI=1S/C23H31FN6O3/c1-14-13-29(19-12-25-17(11-26-19)21(31)28-23(3,4)5)6-7-30(14)15(2)20-16(24)10-18-22(27-20)33-9-8-32-18/h10-12,14-15H,6-9,13H2,1-5H3,(H,28,31)/t14-,15-/m0/s1. The van der Waals surface area contributed by atoms with Crippen molar-refractivity contribution in [3.63, 3.8) is 0 Å². The normalized spacial score (nSPS) is 19.8. The molecular weight excluding hydrogens is 427 g/mol. The van der Waals surface area contributed by atoms with E-state index in [0.717, 1.165) is 0 Å². The predicted molar refractivity (Wildman–Crippen MR) is 121 cm³/mol. The van der Waals surface area contributed by atoms with Crippen LogP contribution in [0.2, 0.25) is 0 Å². The molecule has 0 spiro atoms. The molecule has 2 atom stereocenters. The number of carbonyl (C=O) groups is 1. The Bertz CT molecular complexity index is 1010. The number of nitrogens with zero attached hydrogens (tertiary/aromatic N) is 5. The summed E-state index contributed by atoms with van der Waals surface area (Å²) in [7, 11) is 0. The van der Waals surface area contributed by atoms with Crippen molar-refractivity contribution >= 4 is 11.7 Å². The van der Waals surface area contributed by atoms with E-state index in [1.807, 2.05) is 27.7 Å². The molecule has 33 heavy (non-hydrogen) atoms. The van der Waals surface area contributed by atoms with Crippen molar-refractivity contribution in [3.05, 3.63) is 35.7 Å². The van der Waals surface area contributed by atoms with Crippen molar-refractivity contribution < 1.29 is 18.7 Å². The van der Waals surface area contributed by atoms with Gasteiger partial charge in [0, 0.05) is 37.3 Å². The monoisotopic (exact) mass is 458 g/mol. The Kier molecular flexibility index (Phi) is 6.38. The Hall–Kier alpha value is -3.01. The van der Waals surface area contributed by atoms with Crippen molar-refractivity contribution in [1.82, 2.24) is 25.2 Å². The highest BCUT2D eigenvalue weighted by molar-refractivity contribution is 5.92. The van der Waals surface area contributed by atoms with Crippen molar-refractivity contribution in [1.29, 1.82) is 0 Å². The summed E-state index contributed by atoms with van der Waals surface area (Å²) in [5, 5.41) is 2.88. The van der Waals surface area contributed by atoms with Crippen LogP contribution in [0.15, 0.2) is 18.5 Å². The molecule has 1 saturated heterocycles. The third-order valence-corrected chi connectivity index (χ3v) is 5.77. The van der Waals surface area contributed by atoms with E-state index in [2.05, 4.69) is 37.0 Å². The number of rotatable bonds is 4. The average molecular weight is 459 g/mol. The summed E-state index contributed by atoms with van der Waals surface area (Å²) >= 11 is 0. The number of carbonyl (C=O) groups excluding carboxylic acids is 1. The first-order chi connectivity index (χ1) is 15.6. The highest BCUT2D eigenvalue weighted by Crippen LogP contribution is 2.34. The molecule has 2 aliphatic heterocycles. The molecule has 0 bridgehead atoms. The summed E-state index contributed by atoms with van der Waals surface area (Å²) in [6.07, 6.45) is 3.13. The zero-order chi connectivity index (χ0) is 23.8. The lowest BCUT2D eigenvalue weighted by Gasteiger charge is -2.43. The lowest BCUT2D eigenvalue weighted by Crippen LogP contribution is -2.53. The molecule has 0 radical (unpaired) electrons. The lowest BCUT2D eigenvalue weighted by molar-refractivity contribution is 0.0914. The number of halogens is 1. The number of ether oxygens (including phenoxy) is 2. The summed E-state index contributed by atoms with van der Waals surface area (Å²) in [6.45, 7) is 12.7. The van der Waals surface area contributed by atoms with E-state index in [-0.39, 0.29) is 29.2 Å². The maximum Gasteiger partial charge on any atom is 0.271 e. The number of piperazine rings is 1. The van der Waals surface area contributed by atoms with E-state index in [1.165, 1.54) is 12.3 Å². The maximum atomic E-state index is 14.8. The highest BCUT2D eigenvalue weighted by Gasteiger charge is 2.32. The molecule has 0 saturated carbocycles. The summed E-state index contributed by atoms with van der Waals surface area (Å²) in [6, 6.07) is 1.25. The summed E-state index contributed by atoms with van der Waals surface area (Å²) in [5.41, 5.74) is 0.300. The summed E-state index contributed by atoms with van der Waals surface area (Å²) < 4.78 is 25.7. The zero-order valence-electron chi connectivity index (χ0n) is 19.8. The van der Waals surface area contributed by atoms with Crippen LogP contribution in [0.4, 0.5) is 10.2 Å². The van der Waals surface area contributed by atoms with Gasteiger partial charge in [0.1, 0.15) is 30.5 Å². The Morgan fingerprint density at radius 3 is 2.64 bits per heavy atom. The van der Waals surface area contributed by atoms with Crippen molar-refractivity contribution in [3.8, 4) is 11.6 Å². The second kappa shape index (κ2) is 9.09. The Morgan fingerprint density at radius 1 is 1.21 bits per heavy atom. The van der Waals surface area contributed by atoms with Gasteiger partial charge in [-0.2, -0.15) is 0 Å². The fourth-order valence-electron chi connectivity index (χ4n) is 4.18. The molecule has 178 valence electrons. The van der Waals surface area contributed by atoms with Gasteiger partial charge in [0.2, 0.25) is 0 Å². The van der Waals surface area contributed by atoms with Crippen molar-refractivity contribution in [2.75, 3.05) is 37.7 Å². The number of fused-ring (bicyclic) bond motifs is 1. The number of amides is 1. The number of hydrogen-bond donors (Lipinski definition) is 1. The van der Waals surface area contributed by atoms with Crippen molar-refractivity contribution in [2.45, 2.75) is 52.2 Å². The van der Waals surface area contributed by atoms with Crippen LogP contribution in [0.3, 0.4) is 0 Å². The number of hydrogen-bond acceptors (Lipinski definition) is 8. The van der Waals surface area contributed by atoms with Crippen LogP contribution in [0.5, 0.6) is 11.6 Å². The quantitative estimate of drug-likeness (QED) is 0.748. The van der Waals surface area contributed by atoms with Gasteiger partial charge in [-0.05, 0) is 34.6 Å². The first-order valence-electron chi connectivity index (χ1n) is 11.2. The molecular formula is C23H31FN6O3. The molecule has 0 aliphatic carbocycles. The van der Waals surface area contributed by atoms with Crippen LogP contribution < -0.4 is 19.7 Å². The Morgan fingerprint density at radius 2 is 1.97 bits per heavy atom. The van der Waals surface area contributed by atoms with Crippen LogP contribution >= 0.6 is 0 Å². The number of aromatic nitrogens is 3. The van der Waals surface area contributed by atoms with Gasteiger partial charge in [-0.15, -0.1) is 0 Å². The topological polar surface area (TPSA) is 92.7 Å². The first-order valence-corrected chi connectivity index (χ1v) is 11.2. The van der Waals surface area contributed by atoms with Gasteiger partial charge in [0.15, 0.2) is 5.75 Å². The number of pyridine rings is 1. The van der Waals surface area contributed by atoms with E-state index in [9.17, 15) is 9.18 Å². The molecule has 1 amide bonds. The number of anilines is 1. The molecule has 1 N–H and O–H groups in total. The minimum atomic E-state index is -0.392. The van der Waals surface area contributed by atoms with Crippen LogP contribution in [-0.4, -0.2) is 70.2 Å². The largest absolute Gasteiger partial charge is 0.484 e. The second-order valence-corrected chi connectivity index (χ2v) is 9.53. The molecule has 0 aromatic carbocycles. The second-order valence-electron chi connectivity index (χ2n) is 9.53. The van der Waals surface area contributed by atoms with E-state index in [4.69, 9.17) is 9.47 Å². The van der Waals surface area contributed by atoms with E-state index in [1.54, 1.807) is 6.20 Å². The van der Waals surface area contributed by atoms with Crippen molar-refractivity contribution in [2.24, 2.45) is 0 Å². The van der Waals surface area contributed by atoms with Gasteiger partial charge in [0.05, 0.1) is 24.1 Å². The Balaban J connectivity index is 1.42. The van der Waals surface area contributed by atoms with Gasteiger partial charge in [-0.3, -0.25) is 9.69 Å². The molecule has 9 nitrogen and oxygen atoms in total. The van der Waals surface area contributed by atoms with Crippen LogP contribution in [0.25, 0.3) is 0 Å². The molecule has 10 heteroatoms. The third kappa shape index (κ3) is 5.16. The fourth-order valence-corrected chi connectivity index (χ4v) is 4.18. The fraction of sp³-hybridized carbons (Fsp3) is 0.565. The van der Waals surface area contributed by atoms with Gasteiger partial charge in [-0.25, -0.2) is 19.3 Å². The predicted octanol–water partition coefficient (Wildman–Crippen LogP) is 2.58. The molecule has 2 aliphatic rings. The minimum Gasteiger partial charge on any atom is -0.484 e. The molecule has 4 rings (SSSR count). The van der Waals surface area contributed by atoms with E-state index in [0.29, 0.717) is 56.0 Å². The summed E-state index contributed by atoms with van der Waals surface area (Å²) in [4.78, 5) is 29.8. The number of nitrogens with one attached hydrogen (secondary N) is 1.